The quantitative estimate of drug-likeness (QED) is 0.835. The molecule has 28 heavy (non-hydrogen) atoms. The Kier molecular flexibility index (Phi) is 6.63. The molecule has 1 amide bonds. The van der Waals surface area contributed by atoms with Gasteiger partial charge in [0.25, 0.3) is 5.91 Å². The molecule has 1 N–H and O–H groups in total. The standard InChI is InChI=1S/C23H28N2O2.ClH/c1-18-6-2-3-7-19(18)16-27-21-9-5-4-8-20(21)22(26)25-14-11-23(12-15-25)10-13-24-17-23;/h2-9,24H,10-17H2,1H3;1H. The van der Waals surface area contributed by atoms with Crippen LogP contribution < -0.4 is 10.1 Å². The van der Waals surface area contributed by atoms with Gasteiger partial charge in [-0.15, -0.1) is 12.4 Å². The van der Waals surface area contributed by atoms with Crippen LogP contribution in [0.25, 0.3) is 0 Å². The van der Waals surface area contributed by atoms with Crippen molar-refractivity contribution in [2.24, 2.45) is 5.41 Å². The molecule has 2 aliphatic rings. The Bertz CT molecular complexity index is 808. The molecule has 0 saturated carbocycles. The highest BCUT2D eigenvalue weighted by Gasteiger charge is 2.38. The molecule has 0 aromatic heterocycles. The van der Waals surface area contributed by atoms with Gasteiger partial charge in [0.15, 0.2) is 0 Å². The summed E-state index contributed by atoms with van der Waals surface area (Å²) in [6, 6.07) is 15.8. The van der Waals surface area contributed by atoms with E-state index in [0.29, 0.717) is 23.3 Å². The molecular formula is C23H29ClN2O2. The number of hydrogen-bond donors (Lipinski definition) is 1. The maximum absolute atomic E-state index is 13.1. The van der Waals surface area contributed by atoms with Crippen molar-refractivity contribution in [3.63, 3.8) is 0 Å². The summed E-state index contributed by atoms with van der Waals surface area (Å²) in [6.45, 7) is 6.46. The lowest BCUT2D eigenvalue weighted by molar-refractivity contribution is 0.0603. The number of rotatable bonds is 4. The van der Waals surface area contributed by atoms with Gasteiger partial charge in [0.2, 0.25) is 0 Å². The fourth-order valence-electron chi connectivity index (χ4n) is 4.27. The Morgan fingerprint density at radius 1 is 1.07 bits per heavy atom. The highest BCUT2D eigenvalue weighted by Crippen LogP contribution is 2.37. The number of ether oxygens (including phenoxy) is 1. The third-order valence-electron chi connectivity index (χ3n) is 6.21. The lowest BCUT2D eigenvalue weighted by Gasteiger charge is -2.39. The van der Waals surface area contributed by atoms with Crippen LogP contribution in [0.4, 0.5) is 0 Å². The van der Waals surface area contributed by atoms with Gasteiger partial charge in [0.1, 0.15) is 12.4 Å². The van der Waals surface area contributed by atoms with Crippen molar-refractivity contribution >= 4 is 18.3 Å². The summed E-state index contributed by atoms with van der Waals surface area (Å²) in [5, 5.41) is 3.48. The highest BCUT2D eigenvalue weighted by molar-refractivity contribution is 5.97. The zero-order chi connectivity index (χ0) is 18.7. The van der Waals surface area contributed by atoms with Crippen LogP contribution in [0.15, 0.2) is 48.5 Å². The Labute approximate surface area is 173 Å². The van der Waals surface area contributed by atoms with Crippen LogP contribution >= 0.6 is 12.4 Å². The summed E-state index contributed by atoms with van der Waals surface area (Å²) in [4.78, 5) is 15.1. The maximum atomic E-state index is 13.1. The fourth-order valence-corrected chi connectivity index (χ4v) is 4.27. The maximum Gasteiger partial charge on any atom is 0.257 e. The minimum absolute atomic E-state index is 0. The van der Waals surface area contributed by atoms with Crippen molar-refractivity contribution in [2.45, 2.75) is 32.8 Å². The van der Waals surface area contributed by atoms with Crippen molar-refractivity contribution in [1.82, 2.24) is 10.2 Å². The average Bonchev–Trinajstić information content (AvgIpc) is 3.16. The number of amides is 1. The van der Waals surface area contributed by atoms with Gasteiger partial charge >= 0.3 is 0 Å². The number of hydrogen-bond acceptors (Lipinski definition) is 3. The summed E-state index contributed by atoms with van der Waals surface area (Å²) >= 11 is 0. The summed E-state index contributed by atoms with van der Waals surface area (Å²) in [6.07, 6.45) is 3.43. The normalized spacial score (nSPS) is 18.0. The molecule has 5 heteroatoms. The minimum atomic E-state index is 0. The zero-order valence-electron chi connectivity index (χ0n) is 16.4. The van der Waals surface area contributed by atoms with Crippen LogP contribution in [0.3, 0.4) is 0 Å². The number of benzene rings is 2. The molecule has 0 unspecified atom stereocenters. The van der Waals surface area contributed by atoms with E-state index >= 15 is 0 Å². The number of nitrogens with zero attached hydrogens (tertiary/aromatic N) is 1. The number of halogens is 1. The number of nitrogens with one attached hydrogen (secondary N) is 1. The smallest absolute Gasteiger partial charge is 0.257 e. The summed E-state index contributed by atoms with van der Waals surface area (Å²) < 4.78 is 6.05. The molecule has 2 aromatic rings. The predicted molar refractivity (Wildman–Crippen MR) is 114 cm³/mol. The van der Waals surface area contributed by atoms with E-state index in [1.807, 2.05) is 41.3 Å². The molecule has 2 aromatic carbocycles. The molecule has 1 spiro atoms. The van der Waals surface area contributed by atoms with Crippen molar-refractivity contribution in [2.75, 3.05) is 26.2 Å². The number of likely N-dealkylation sites (tertiary alicyclic amines) is 1. The van der Waals surface area contributed by atoms with E-state index in [-0.39, 0.29) is 18.3 Å². The first-order valence-corrected chi connectivity index (χ1v) is 9.93. The van der Waals surface area contributed by atoms with E-state index < -0.39 is 0 Å². The van der Waals surface area contributed by atoms with Crippen LogP contribution in [-0.2, 0) is 6.61 Å². The first kappa shape index (κ1) is 20.7. The van der Waals surface area contributed by atoms with E-state index in [1.165, 1.54) is 12.0 Å². The van der Waals surface area contributed by atoms with E-state index in [0.717, 1.165) is 44.6 Å². The number of carbonyl (C=O) groups excluding carboxylic acids is 1. The number of aryl methyl sites for hydroxylation is 1. The first-order chi connectivity index (χ1) is 13.2. The van der Waals surface area contributed by atoms with Crippen LogP contribution in [0.5, 0.6) is 5.75 Å². The van der Waals surface area contributed by atoms with Gasteiger partial charge in [-0.1, -0.05) is 36.4 Å². The number of carbonyl (C=O) groups is 1. The summed E-state index contributed by atoms with van der Waals surface area (Å²) in [5.74, 6) is 0.768. The predicted octanol–water partition coefficient (Wildman–Crippen LogP) is 4.21. The fraction of sp³-hybridized carbons (Fsp3) is 0.435. The SMILES string of the molecule is Cc1ccccc1COc1ccccc1C(=O)N1CCC2(CCNC2)CC1.Cl. The minimum Gasteiger partial charge on any atom is -0.488 e. The second kappa shape index (κ2) is 8.97. The van der Waals surface area contributed by atoms with E-state index in [1.54, 1.807) is 0 Å². The zero-order valence-corrected chi connectivity index (χ0v) is 17.3. The third-order valence-corrected chi connectivity index (χ3v) is 6.21. The molecule has 0 bridgehead atoms. The lowest BCUT2D eigenvalue weighted by atomic mass is 9.78. The Hall–Kier alpha value is -2.04. The van der Waals surface area contributed by atoms with Crippen LogP contribution in [0.1, 0.15) is 40.7 Å². The van der Waals surface area contributed by atoms with Gasteiger partial charge in [-0.3, -0.25) is 4.79 Å². The monoisotopic (exact) mass is 400 g/mol. The van der Waals surface area contributed by atoms with Crippen molar-refractivity contribution in [3.8, 4) is 5.75 Å². The van der Waals surface area contributed by atoms with Gasteiger partial charge in [0.05, 0.1) is 5.56 Å². The largest absolute Gasteiger partial charge is 0.488 e. The van der Waals surface area contributed by atoms with Gasteiger partial charge in [-0.05, 0) is 61.4 Å². The number of para-hydroxylation sites is 1. The van der Waals surface area contributed by atoms with Crippen molar-refractivity contribution < 1.29 is 9.53 Å². The molecule has 0 atom stereocenters. The van der Waals surface area contributed by atoms with E-state index in [4.69, 9.17) is 4.74 Å². The summed E-state index contributed by atoms with van der Waals surface area (Å²) in [5.41, 5.74) is 3.44. The van der Waals surface area contributed by atoms with Crippen molar-refractivity contribution in [1.29, 1.82) is 0 Å². The van der Waals surface area contributed by atoms with Crippen molar-refractivity contribution in [3.05, 3.63) is 65.2 Å². The van der Waals surface area contributed by atoms with Crippen LogP contribution in [0, 0.1) is 12.3 Å². The Morgan fingerprint density at radius 3 is 2.50 bits per heavy atom. The van der Waals surface area contributed by atoms with E-state index in [9.17, 15) is 4.79 Å². The number of piperidine rings is 1. The molecule has 2 fully saturated rings. The second-order valence-corrected chi connectivity index (χ2v) is 7.93. The van der Waals surface area contributed by atoms with Crippen LogP contribution in [-0.4, -0.2) is 37.0 Å². The van der Waals surface area contributed by atoms with Crippen LogP contribution in [0.2, 0.25) is 0 Å². The van der Waals surface area contributed by atoms with Gasteiger partial charge in [-0.2, -0.15) is 0 Å². The average molecular weight is 401 g/mol. The molecule has 4 nitrogen and oxygen atoms in total. The third kappa shape index (κ3) is 4.34. The molecule has 0 aliphatic carbocycles. The van der Waals surface area contributed by atoms with Gasteiger partial charge in [-0.25, -0.2) is 0 Å². The molecule has 0 radical (unpaired) electrons. The Morgan fingerprint density at radius 2 is 1.79 bits per heavy atom. The molecular weight excluding hydrogens is 372 g/mol. The van der Waals surface area contributed by atoms with Gasteiger partial charge < -0.3 is 15.0 Å². The highest BCUT2D eigenvalue weighted by atomic mass is 35.5. The van der Waals surface area contributed by atoms with E-state index in [2.05, 4.69) is 24.4 Å². The molecule has 2 aliphatic heterocycles. The van der Waals surface area contributed by atoms with Gasteiger partial charge in [0, 0.05) is 19.6 Å². The first-order valence-electron chi connectivity index (χ1n) is 9.93. The molecule has 2 saturated heterocycles. The molecule has 4 rings (SSSR count). The topological polar surface area (TPSA) is 41.6 Å². The second-order valence-electron chi connectivity index (χ2n) is 7.93. The summed E-state index contributed by atoms with van der Waals surface area (Å²) in [7, 11) is 0. The lowest BCUT2D eigenvalue weighted by Crippen LogP contribution is -2.44. The molecule has 150 valence electrons. The Balaban J connectivity index is 0.00000225. The molecule has 2 heterocycles.